The molecule has 0 radical (unpaired) electrons. The van der Waals surface area contributed by atoms with Crippen molar-refractivity contribution in [3.63, 3.8) is 0 Å². The van der Waals surface area contributed by atoms with Gasteiger partial charge < -0.3 is 10.1 Å². The topological polar surface area (TPSA) is 55.4 Å². The average Bonchev–Trinajstić information content (AvgIpc) is 2.40. The molecule has 1 atom stereocenters. The van der Waals surface area contributed by atoms with Gasteiger partial charge in [0.1, 0.15) is 6.04 Å². The van der Waals surface area contributed by atoms with E-state index < -0.39 is 12.0 Å². The predicted octanol–water partition coefficient (Wildman–Crippen LogP) is 2.16. The van der Waals surface area contributed by atoms with Gasteiger partial charge >= 0.3 is 5.97 Å². The highest BCUT2D eigenvalue weighted by Gasteiger charge is 2.23. The summed E-state index contributed by atoms with van der Waals surface area (Å²) in [5, 5.41) is 2.74. The molecule has 0 aliphatic heterocycles. The van der Waals surface area contributed by atoms with Gasteiger partial charge in [0, 0.05) is 12.3 Å². The first-order valence-electron chi connectivity index (χ1n) is 6.79. The molecule has 0 aromatic heterocycles. The van der Waals surface area contributed by atoms with Gasteiger partial charge in [-0.2, -0.15) is 0 Å². The van der Waals surface area contributed by atoms with Gasteiger partial charge in [-0.1, -0.05) is 32.0 Å². The molecule has 1 amide bonds. The number of rotatable bonds is 5. The molecule has 1 rings (SSSR count). The molecule has 110 valence electrons. The van der Waals surface area contributed by atoms with E-state index in [9.17, 15) is 9.59 Å². The Bertz CT molecular complexity index is 494. The van der Waals surface area contributed by atoms with Crippen molar-refractivity contribution < 1.29 is 14.3 Å². The molecule has 0 fully saturated rings. The quantitative estimate of drug-likeness (QED) is 0.839. The lowest BCUT2D eigenvalue weighted by Gasteiger charge is -2.18. The van der Waals surface area contributed by atoms with Crippen LogP contribution in [0.5, 0.6) is 0 Å². The number of nitrogens with one attached hydrogen (secondary N) is 1. The van der Waals surface area contributed by atoms with Crippen LogP contribution in [0.3, 0.4) is 0 Å². The summed E-state index contributed by atoms with van der Waals surface area (Å²) in [5.74, 6) is -0.733. The summed E-state index contributed by atoms with van der Waals surface area (Å²) in [6.07, 6.45) is 0.437. The van der Waals surface area contributed by atoms with Crippen molar-refractivity contribution in [2.45, 2.75) is 40.2 Å². The van der Waals surface area contributed by atoms with Crippen LogP contribution in [-0.4, -0.2) is 25.0 Å². The van der Waals surface area contributed by atoms with Crippen LogP contribution in [-0.2, 0) is 20.7 Å². The normalized spacial score (nSPS) is 12.1. The van der Waals surface area contributed by atoms with E-state index in [2.05, 4.69) is 5.32 Å². The molecule has 4 nitrogen and oxygen atoms in total. The van der Waals surface area contributed by atoms with Gasteiger partial charge in [-0.15, -0.1) is 0 Å². The Morgan fingerprint density at radius 3 is 2.35 bits per heavy atom. The van der Waals surface area contributed by atoms with Gasteiger partial charge in [-0.05, 0) is 30.5 Å². The van der Waals surface area contributed by atoms with E-state index in [1.807, 2.05) is 32.0 Å². The standard InChI is InChI=1S/C16H23NO3/c1-10(2)15(18)17-14(16(19)20-5)9-13-7-6-11(3)12(4)8-13/h6-8,10,14H,9H2,1-5H3,(H,17,18)/t14-/m1/s1. The number of ether oxygens (including phenoxy) is 1. The van der Waals surface area contributed by atoms with Crippen molar-refractivity contribution in [2.75, 3.05) is 7.11 Å². The van der Waals surface area contributed by atoms with Crippen molar-refractivity contribution in [3.05, 3.63) is 34.9 Å². The van der Waals surface area contributed by atoms with Gasteiger partial charge in [0.15, 0.2) is 0 Å². The third-order valence-electron chi connectivity index (χ3n) is 3.34. The molecule has 1 aromatic carbocycles. The van der Waals surface area contributed by atoms with E-state index in [1.54, 1.807) is 13.8 Å². The SMILES string of the molecule is COC(=O)[C@@H](Cc1ccc(C)c(C)c1)NC(=O)C(C)C. The molecule has 4 heteroatoms. The summed E-state index contributed by atoms with van der Waals surface area (Å²) in [6, 6.07) is 5.38. The summed E-state index contributed by atoms with van der Waals surface area (Å²) in [7, 11) is 1.33. The van der Waals surface area contributed by atoms with Crippen molar-refractivity contribution >= 4 is 11.9 Å². The molecule has 0 unspecified atom stereocenters. The number of esters is 1. The summed E-state index contributed by atoms with van der Waals surface area (Å²) in [4.78, 5) is 23.6. The Kier molecular flexibility index (Phi) is 5.74. The number of benzene rings is 1. The van der Waals surface area contributed by atoms with Crippen LogP contribution in [0.2, 0.25) is 0 Å². The number of methoxy groups -OCH3 is 1. The Morgan fingerprint density at radius 1 is 1.20 bits per heavy atom. The van der Waals surface area contributed by atoms with Crippen LogP contribution in [0, 0.1) is 19.8 Å². The zero-order valence-corrected chi connectivity index (χ0v) is 12.8. The molecule has 0 aliphatic rings. The number of amides is 1. The second-order valence-corrected chi connectivity index (χ2v) is 5.36. The summed E-state index contributed by atoms with van der Waals surface area (Å²) in [6.45, 7) is 7.65. The zero-order valence-electron chi connectivity index (χ0n) is 12.8. The minimum atomic E-state index is -0.642. The van der Waals surface area contributed by atoms with E-state index in [0.29, 0.717) is 6.42 Å². The molecular weight excluding hydrogens is 254 g/mol. The molecule has 20 heavy (non-hydrogen) atoms. The first-order valence-corrected chi connectivity index (χ1v) is 6.79. The van der Waals surface area contributed by atoms with Crippen LogP contribution in [0.4, 0.5) is 0 Å². The molecule has 1 N–H and O–H groups in total. The molecule has 0 spiro atoms. The van der Waals surface area contributed by atoms with Crippen LogP contribution >= 0.6 is 0 Å². The predicted molar refractivity (Wildman–Crippen MR) is 78.4 cm³/mol. The monoisotopic (exact) mass is 277 g/mol. The van der Waals surface area contributed by atoms with Crippen molar-refractivity contribution in [3.8, 4) is 0 Å². The first-order chi connectivity index (χ1) is 9.35. The Hall–Kier alpha value is -1.84. The maximum Gasteiger partial charge on any atom is 0.328 e. The molecular formula is C16H23NO3. The lowest BCUT2D eigenvalue weighted by atomic mass is 10.0. The molecule has 0 bridgehead atoms. The van der Waals surface area contributed by atoms with Crippen LogP contribution in [0.1, 0.15) is 30.5 Å². The van der Waals surface area contributed by atoms with Gasteiger partial charge in [0.2, 0.25) is 5.91 Å². The number of carbonyl (C=O) groups excluding carboxylic acids is 2. The lowest BCUT2D eigenvalue weighted by molar-refractivity contribution is -0.145. The second-order valence-electron chi connectivity index (χ2n) is 5.36. The fraction of sp³-hybridized carbons (Fsp3) is 0.500. The Balaban J connectivity index is 2.86. The van der Waals surface area contributed by atoms with E-state index in [1.165, 1.54) is 18.2 Å². The third-order valence-corrected chi connectivity index (χ3v) is 3.34. The van der Waals surface area contributed by atoms with E-state index in [0.717, 1.165) is 5.56 Å². The maximum absolute atomic E-state index is 11.8. The molecule has 0 heterocycles. The van der Waals surface area contributed by atoms with Crippen LogP contribution in [0.15, 0.2) is 18.2 Å². The first kappa shape index (κ1) is 16.2. The lowest BCUT2D eigenvalue weighted by Crippen LogP contribution is -2.44. The highest BCUT2D eigenvalue weighted by Crippen LogP contribution is 2.12. The largest absolute Gasteiger partial charge is 0.467 e. The molecule has 1 aromatic rings. The number of carbonyl (C=O) groups is 2. The van der Waals surface area contributed by atoms with Gasteiger partial charge in [-0.25, -0.2) is 4.79 Å². The smallest absolute Gasteiger partial charge is 0.328 e. The van der Waals surface area contributed by atoms with E-state index >= 15 is 0 Å². The molecule has 0 saturated heterocycles. The minimum absolute atomic E-state index is 0.149. The average molecular weight is 277 g/mol. The number of aryl methyl sites for hydroxylation is 2. The second kappa shape index (κ2) is 7.08. The highest BCUT2D eigenvalue weighted by molar-refractivity contribution is 5.85. The van der Waals surface area contributed by atoms with Crippen molar-refractivity contribution in [1.82, 2.24) is 5.32 Å². The summed E-state index contributed by atoms with van der Waals surface area (Å²) >= 11 is 0. The van der Waals surface area contributed by atoms with Crippen LogP contribution < -0.4 is 5.32 Å². The van der Waals surface area contributed by atoms with Crippen molar-refractivity contribution in [2.24, 2.45) is 5.92 Å². The number of hydrogen-bond donors (Lipinski definition) is 1. The van der Waals surface area contributed by atoms with Crippen molar-refractivity contribution in [1.29, 1.82) is 0 Å². The molecule has 0 aliphatic carbocycles. The maximum atomic E-state index is 11.8. The Morgan fingerprint density at radius 2 is 1.85 bits per heavy atom. The zero-order chi connectivity index (χ0) is 15.3. The number of hydrogen-bond acceptors (Lipinski definition) is 3. The molecule has 0 saturated carbocycles. The van der Waals surface area contributed by atoms with Gasteiger partial charge in [-0.3, -0.25) is 4.79 Å². The Labute approximate surface area is 120 Å². The summed E-state index contributed by atoms with van der Waals surface area (Å²) < 4.78 is 4.77. The fourth-order valence-corrected chi connectivity index (χ4v) is 1.84. The van der Waals surface area contributed by atoms with Crippen LogP contribution in [0.25, 0.3) is 0 Å². The highest BCUT2D eigenvalue weighted by atomic mass is 16.5. The van der Waals surface area contributed by atoms with E-state index in [-0.39, 0.29) is 11.8 Å². The van der Waals surface area contributed by atoms with Gasteiger partial charge in [0.25, 0.3) is 0 Å². The van der Waals surface area contributed by atoms with Gasteiger partial charge in [0.05, 0.1) is 7.11 Å². The van der Waals surface area contributed by atoms with E-state index in [4.69, 9.17) is 4.74 Å². The minimum Gasteiger partial charge on any atom is -0.467 e. The third kappa shape index (κ3) is 4.37. The summed E-state index contributed by atoms with van der Waals surface area (Å²) in [5.41, 5.74) is 3.38. The fourth-order valence-electron chi connectivity index (χ4n) is 1.84.